The van der Waals surface area contributed by atoms with E-state index in [0.717, 1.165) is 17.9 Å². The molecule has 7 rings (SSSR count). The third-order valence-corrected chi connectivity index (χ3v) is 8.00. The molecule has 1 aliphatic heterocycles. The van der Waals surface area contributed by atoms with E-state index in [1.807, 2.05) is 0 Å². The van der Waals surface area contributed by atoms with Crippen LogP contribution in [0.3, 0.4) is 0 Å². The molecule has 0 atom stereocenters. The monoisotopic (exact) mass is 494 g/mol. The van der Waals surface area contributed by atoms with E-state index in [1.54, 1.807) is 0 Å². The third kappa shape index (κ3) is 3.44. The Labute approximate surface area is 224 Å². The van der Waals surface area contributed by atoms with Crippen molar-refractivity contribution in [2.45, 2.75) is 34.1 Å². The Bertz CT molecular complexity index is 1910. The maximum atomic E-state index is 6.98. The summed E-state index contributed by atoms with van der Waals surface area (Å²) < 4.78 is 9.26. The molecule has 0 spiro atoms. The average molecular weight is 495 g/mol. The average Bonchev–Trinajstić information content (AvgIpc) is 2.91. The van der Waals surface area contributed by atoms with Crippen molar-refractivity contribution in [3.05, 3.63) is 102 Å². The highest BCUT2D eigenvalue weighted by Crippen LogP contribution is 2.52. The Morgan fingerprint density at radius 3 is 2.24 bits per heavy atom. The van der Waals surface area contributed by atoms with Crippen LogP contribution < -0.4 is 9.30 Å². The molecule has 2 nitrogen and oxygen atoms in total. The summed E-state index contributed by atoms with van der Waals surface area (Å²) in [5.41, 5.74) is 7.63. The molecule has 0 radical (unpaired) electrons. The molecule has 0 aliphatic carbocycles. The van der Waals surface area contributed by atoms with Crippen LogP contribution in [0.1, 0.15) is 31.9 Å². The predicted molar refractivity (Wildman–Crippen MR) is 159 cm³/mol. The molecule has 1 aliphatic rings. The lowest BCUT2D eigenvalue weighted by atomic mass is 9.81. The summed E-state index contributed by atoms with van der Waals surface area (Å²) in [5, 5.41) is 7.49. The minimum atomic E-state index is 0.126. The molecule has 6 aromatic rings. The lowest BCUT2D eigenvalue weighted by Gasteiger charge is -2.28. The van der Waals surface area contributed by atoms with Crippen molar-refractivity contribution in [2.24, 2.45) is 12.5 Å². The van der Waals surface area contributed by atoms with E-state index < -0.39 is 0 Å². The summed E-state index contributed by atoms with van der Waals surface area (Å²) in [6.45, 7) is 9.18. The zero-order valence-corrected chi connectivity index (χ0v) is 22.7. The normalized spacial score (nSPS) is 12.7. The number of hydrogen-bond acceptors (Lipinski definition) is 1. The van der Waals surface area contributed by atoms with Gasteiger partial charge in [-0.2, -0.15) is 0 Å². The Hall–Kier alpha value is -4.17. The third-order valence-electron chi connectivity index (χ3n) is 8.00. The number of ether oxygens (including phenoxy) is 1. The number of fused-ring (bicyclic) bond motifs is 5. The molecule has 2 heteroatoms. The second-order valence-corrected chi connectivity index (χ2v) is 11.9. The molecule has 0 unspecified atom stereocenters. The first kappa shape index (κ1) is 23.0. The fourth-order valence-corrected chi connectivity index (χ4v) is 6.31. The van der Waals surface area contributed by atoms with Gasteiger partial charge >= 0.3 is 0 Å². The SMILES string of the molecule is Cc1c2c(c(CC(C)(C)C)c3ccccc13)Oc1cc3ccc(-c4ccccc4)cc3c3cc[n+](C)c-2c13. The second kappa shape index (κ2) is 8.16. The van der Waals surface area contributed by atoms with E-state index in [1.165, 1.54) is 65.8 Å². The smallest absolute Gasteiger partial charge is 0.228 e. The Morgan fingerprint density at radius 2 is 1.47 bits per heavy atom. The van der Waals surface area contributed by atoms with Crippen LogP contribution in [0.25, 0.3) is 54.7 Å². The zero-order valence-electron chi connectivity index (χ0n) is 22.7. The maximum absolute atomic E-state index is 6.98. The molecule has 1 aromatic heterocycles. The van der Waals surface area contributed by atoms with Gasteiger partial charge in [0.25, 0.3) is 0 Å². The van der Waals surface area contributed by atoms with Gasteiger partial charge in [-0.05, 0) is 69.1 Å². The van der Waals surface area contributed by atoms with Gasteiger partial charge in [-0.25, -0.2) is 4.57 Å². The molecule has 0 amide bonds. The van der Waals surface area contributed by atoms with Crippen molar-refractivity contribution < 1.29 is 9.30 Å². The molecule has 0 bridgehead atoms. The van der Waals surface area contributed by atoms with Crippen molar-refractivity contribution >= 4 is 32.3 Å². The molecule has 186 valence electrons. The predicted octanol–water partition coefficient (Wildman–Crippen LogP) is 9.31. The molecule has 0 fully saturated rings. The molecule has 38 heavy (non-hydrogen) atoms. The summed E-state index contributed by atoms with van der Waals surface area (Å²) in [4.78, 5) is 0. The lowest BCUT2D eigenvalue weighted by molar-refractivity contribution is -0.659. The van der Waals surface area contributed by atoms with Crippen LogP contribution >= 0.6 is 0 Å². The molecule has 0 saturated carbocycles. The Balaban J connectivity index is 1.59. The number of benzene rings is 5. The lowest BCUT2D eigenvalue weighted by Crippen LogP contribution is -2.32. The van der Waals surface area contributed by atoms with Gasteiger partial charge in [0.05, 0.1) is 10.9 Å². The number of aryl methyl sites for hydroxylation is 2. The van der Waals surface area contributed by atoms with Crippen LogP contribution in [-0.2, 0) is 13.5 Å². The first-order valence-corrected chi connectivity index (χ1v) is 13.5. The highest BCUT2D eigenvalue weighted by molar-refractivity contribution is 6.16. The number of pyridine rings is 1. The topological polar surface area (TPSA) is 13.1 Å². The van der Waals surface area contributed by atoms with Crippen molar-refractivity contribution in [1.29, 1.82) is 0 Å². The van der Waals surface area contributed by atoms with Gasteiger partial charge in [-0.3, -0.25) is 0 Å². The minimum absolute atomic E-state index is 0.126. The van der Waals surface area contributed by atoms with Crippen LogP contribution in [0.5, 0.6) is 11.5 Å². The van der Waals surface area contributed by atoms with Crippen molar-refractivity contribution in [3.63, 3.8) is 0 Å². The van der Waals surface area contributed by atoms with E-state index >= 15 is 0 Å². The quantitative estimate of drug-likeness (QED) is 0.172. The fraction of sp³-hybridized carbons (Fsp3) is 0.194. The van der Waals surface area contributed by atoms with Crippen LogP contribution in [0.4, 0.5) is 0 Å². The van der Waals surface area contributed by atoms with Gasteiger partial charge < -0.3 is 4.74 Å². The van der Waals surface area contributed by atoms with Crippen LogP contribution in [0.15, 0.2) is 91.1 Å². The van der Waals surface area contributed by atoms with Crippen LogP contribution in [0.2, 0.25) is 0 Å². The molecule has 0 N–H and O–H groups in total. The van der Waals surface area contributed by atoms with E-state index in [-0.39, 0.29) is 5.41 Å². The van der Waals surface area contributed by atoms with Crippen molar-refractivity contribution in [3.8, 4) is 33.9 Å². The molecular weight excluding hydrogens is 462 g/mol. The number of nitrogens with zero attached hydrogens (tertiary/aromatic N) is 1. The van der Waals surface area contributed by atoms with Crippen LogP contribution in [0, 0.1) is 12.3 Å². The van der Waals surface area contributed by atoms with Gasteiger partial charge in [0.1, 0.15) is 18.5 Å². The summed E-state index contributed by atoms with van der Waals surface area (Å²) in [5.74, 6) is 1.97. The van der Waals surface area contributed by atoms with Gasteiger partial charge in [-0.15, -0.1) is 0 Å². The van der Waals surface area contributed by atoms with Crippen molar-refractivity contribution in [2.75, 3.05) is 0 Å². The number of aromatic nitrogens is 1. The summed E-state index contributed by atoms with van der Waals surface area (Å²) in [6.07, 6.45) is 3.16. The highest BCUT2D eigenvalue weighted by atomic mass is 16.5. The standard InChI is InChI=1S/C36H32NO/c1-22-26-13-9-10-14-27(26)30(21-36(2,3)4)35-32(22)34-33-28(17-18-37(34)5)29-19-24(23-11-7-6-8-12-23)15-16-25(29)20-31(33)38-35/h6-20H,21H2,1-5H3/q+1. The first-order valence-electron chi connectivity index (χ1n) is 13.5. The van der Waals surface area contributed by atoms with Gasteiger partial charge in [0.2, 0.25) is 5.69 Å². The minimum Gasteiger partial charge on any atom is -0.455 e. The van der Waals surface area contributed by atoms with E-state index in [2.05, 4.69) is 130 Å². The largest absolute Gasteiger partial charge is 0.455 e. The molecule has 0 saturated heterocycles. The highest BCUT2D eigenvalue weighted by Gasteiger charge is 2.34. The summed E-state index contributed by atoms with van der Waals surface area (Å²) in [7, 11) is 2.16. The van der Waals surface area contributed by atoms with Crippen LogP contribution in [-0.4, -0.2) is 0 Å². The van der Waals surface area contributed by atoms with Gasteiger partial charge in [0.15, 0.2) is 6.20 Å². The molecular formula is C36H32NO+. The Morgan fingerprint density at radius 1 is 0.737 bits per heavy atom. The van der Waals surface area contributed by atoms with Crippen molar-refractivity contribution in [1.82, 2.24) is 0 Å². The van der Waals surface area contributed by atoms with Gasteiger partial charge in [0, 0.05) is 17.0 Å². The number of rotatable bonds is 2. The molecule has 2 heterocycles. The first-order chi connectivity index (χ1) is 18.3. The van der Waals surface area contributed by atoms with E-state index in [0.29, 0.717) is 0 Å². The summed E-state index contributed by atoms with van der Waals surface area (Å²) >= 11 is 0. The number of hydrogen-bond donors (Lipinski definition) is 0. The molecule has 5 aromatic carbocycles. The fourth-order valence-electron chi connectivity index (χ4n) is 6.31. The van der Waals surface area contributed by atoms with E-state index in [9.17, 15) is 0 Å². The second-order valence-electron chi connectivity index (χ2n) is 11.9. The van der Waals surface area contributed by atoms with E-state index in [4.69, 9.17) is 4.74 Å². The summed E-state index contributed by atoms with van der Waals surface area (Å²) in [6, 6.07) is 30.7. The van der Waals surface area contributed by atoms with Gasteiger partial charge in [-0.1, -0.05) is 87.5 Å². The maximum Gasteiger partial charge on any atom is 0.228 e. The zero-order chi connectivity index (χ0) is 26.2. The Kier molecular flexibility index (Phi) is 4.94.